The highest BCUT2D eigenvalue weighted by molar-refractivity contribution is 5.94. The Labute approximate surface area is 148 Å². The van der Waals surface area contributed by atoms with Crippen molar-refractivity contribution in [2.24, 2.45) is 0 Å². The zero-order valence-corrected chi connectivity index (χ0v) is 14.5. The predicted octanol–water partition coefficient (Wildman–Crippen LogP) is 5.11. The number of Topliss-reactive ketones (excluding diaryl/α,β-unsaturated/α-hetero) is 1. The molecule has 0 unspecified atom stereocenters. The largest absolute Gasteiger partial charge is 0.452 e. The van der Waals surface area contributed by atoms with Crippen LogP contribution in [0, 0.1) is 19.7 Å². The van der Waals surface area contributed by atoms with E-state index >= 15 is 0 Å². The van der Waals surface area contributed by atoms with Crippen LogP contribution in [0.25, 0.3) is 34.0 Å². The number of nitrogens with zero attached hydrogens (tertiary/aromatic N) is 2. The number of hydrogen-bond donors (Lipinski definition) is 0. The lowest BCUT2D eigenvalue weighted by atomic mass is 10.1. The molecule has 0 aliphatic heterocycles. The number of aromatic nitrogens is 2. The number of aryl methyl sites for hydroxylation is 2. The van der Waals surface area contributed by atoms with E-state index in [1.165, 1.54) is 19.1 Å². The first kappa shape index (κ1) is 16.2. The fourth-order valence-electron chi connectivity index (χ4n) is 2.88. The summed E-state index contributed by atoms with van der Waals surface area (Å²) in [6.07, 6.45) is 0. The minimum atomic E-state index is -0.621. The number of carbonyl (C=O) groups is 1. The monoisotopic (exact) mass is 350 g/mol. The molecular weight excluding hydrogens is 335 g/mol. The SMILES string of the molecule is CC(=O)c1ccc(-c2nc(-c3cc4c(C)ccc(C)c4o3)no2)cc1F. The standard InChI is InChI=1S/C20H15FN2O3/c1-10-4-5-11(2)18-15(10)9-17(25-18)19-22-20(26-23-19)13-6-7-14(12(3)24)16(21)8-13/h4-9H,1-3H3. The molecule has 2 aromatic carbocycles. The second-order valence-electron chi connectivity index (χ2n) is 6.23. The Balaban J connectivity index is 1.75. The normalized spacial score (nSPS) is 11.2. The summed E-state index contributed by atoms with van der Waals surface area (Å²) in [7, 11) is 0. The van der Waals surface area contributed by atoms with Gasteiger partial charge >= 0.3 is 0 Å². The van der Waals surface area contributed by atoms with E-state index in [2.05, 4.69) is 10.1 Å². The zero-order valence-electron chi connectivity index (χ0n) is 14.5. The van der Waals surface area contributed by atoms with Crippen LogP contribution < -0.4 is 0 Å². The molecule has 2 aromatic heterocycles. The number of rotatable bonds is 3. The van der Waals surface area contributed by atoms with E-state index < -0.39 is 5.82 Å². The smallest absolute Gasteiger partial charge is 0.258 e. The summed E-state index contributed by atoms with van der Waals surface area (Å²) >= 11 is 0. The van der Waals surface area contributed by atoms with Gasteiger partial charge in [0.1, 0.15) is 11.4 Å². The molecule has 26 heavy (non-hydrogen) atoms. The Morgan fingerprint density at radius 1 is 1.08 bits per heavy atom. The topological polar surface area (TPSA) is 69.1 Å². The van der Waals surface area contributed by atoms with Gasteiger partial charge in [-0.25, -0.2) is 4.39 Å². The van der Waals surface area contributed by atoms with Crippen molar-refractivity contribution >= 4 is 16.8 Å². The van der Waals surface area contributed by atoms with Crippen molar-refractivity contribution in [2.45, 2.75) is 20.8 Å². The van der Waals surface area contributed by atoms with E-state index in [-0.39, 0.29) is 23.1 Å². The molecule has 0 aliphatic rings. The lowest BCUT2D eigenvalue weighted by Gasteiger charge is -1.99. The van der Waals surface area contributed by atoms with Gasteiger partial charge < -0.3 is 8.94 Å². The molecule has 0 amide bonds. The Kier molecular flexibility index (Phi) is 3.68. The molecule has 0 spiro atoms. The molecule has 0 atom stereocenters. The second-order valence-corrected chi connectivity index (χ2v) is 6.23. The molecule has 0 bridgehead atoms. The number of hydrogen-bond acceptors (Lipinski definition) is 5. The second kappa shape index (κ2) is 5.91. The van der Waals surface area contributed by atoms with Crippen LogP contribution in [-0.2, 0) is 0 Å². The average molecular weight is 350 g/mol. The van der Waals surface area contributed by atoms with Gasteiger partial charge in [-0.1, -0.05) is 17.3 Å². The van der Waals surface area contributed by atoms with Crippen LogP contribution in [-0.4, -0.2) is 15.9 Å². The van der Waals surface area contributed by atoms with Crippen molar-refractivity contribution in [1.29, 1.82) is 0 Å². The number of benzene rings is 2. The molecule has 130 valence electrons. The number of furan rings is 1. The van der Waals surface area contributed by atoms with Crippen LogP contribution in [0.1, 0.15) is 28.4 Å². The third-order valence-corrected chi connectivity index (χ3v) is 4.34. The maximum atomic E-state index is 14.0. The van der Waals surface area contributed by atoms with Crippen molar-refractivity contribution < 1.29 is 18.1 Å². The lowest BCUT2D eigenvalue weighted by Crippen LogP contribution is -1.96. The first-order valence-corrected chi connectivity index (χ1v) is 8.08. The first-order chi connectivity index (χ1) is 12.4. The van der Waals surface area contributed by atoms with E-state index in [0.717, 1.165) is 22.1 Å². The number of halogens is 1. The molecule has 4 rings (SSSR count). The van der Waals surface area contributed by atoms with Gasteiger partial charge in [0.05, 0.1) is 5.56 Å². The summed E-state index contributed by atoms with van der Waals surface area (Å²) in [6.45, 7) is 5.28. The molecule has 0 N–H and O–H groups in total. The van der Waals surface area contributed by atoms with E-state index in [0.29, 0.717) is 11.3 Å². The fourth-order valence-corrected chi connectivity index (χ4v) is 2.88. The van der Waals surface area contributed by atoms with Gasteiger partial charge in [0.15, 0.2) is 11.5 Å². The van der Waals surface area contributed by atoms with Crippen molar-refractivity contribution in [1.82, 2.24) is 10.1 Å². The summed E-state index contributed by atoms with van der Waals surface area (Å²) in [4.78, 5) is 15.6. The van der Waals surface area contributed by atoms with Crippen molar-refractivity contribution in [2.75, 3.05) is 0 Å². The summed E-state index contributed by atoms with van der Waals surface area (Å²) < 4.78 is 25.1. The average Bonchev–Trinajstić information content (AvgIpc) is 3.25. The maximum Gasteiger partial charge on any atom is 0.258 e. The molecule has 0 saturated heterocycles. The van der Waals surface area contributed by atoms with Crippen LogP contribution in [0.2, 0.25) is 0 Å². The van der Waals surface area contributed by atoms with Gasteiger partial charge in [-0.05, 0) is 56.2 Å². The number of ketones is 1. The highest BCUT2D eigenvalue weighted by atomic mass is 19.1. The Bertz CT molecular complexity index is 1120. The summed E-state index contributed by atoms with van der Waals surface area (Å²) in [5, 5.41) is 4.92. The minimum absolute atomic E-state index is 0.0247. The minimum Gasteiger partial charge on any atom is -0.452 e. The highest BCUT2D eigenvalue weighted by Crippen LogP contribution is 2.31. The van der Waals surface area contributed by atoms with Crippen LogP contribution >= 0.6 is 0 Å². The van der Waals surface area contributed by atoms with Crippen molar-refractivity contribution in [3.8, 4) is 23.0 Å². The number of carbonyl (C=O) groups excluding carboxylic acids is 1. The van der Waals surface area contributed by atoms with E-state index in [9.17, 15) is 9.18 Å². The maximum absolute atomic E-state index is 14.0. The molecular formula is C20H15FN2O3. The highest BCUT2D eigenvalue weighted by Gasteiger charge is 2.17. The van der Waals surface area contributed by atoms with E-state index in [1.807, 2.05) is 32.0 Å². The number of fused-ring (bicyclic) bond motifs is 1. The van der Waals surface area contributed by atoms with Crippen LogP contribution in [0.5, 0.6) is 0 Å². The Morgan fingerprint density at radius 2 is 1.85 bits per heavy atom. The van der Waals surface area contributed by atoms with Gasteiger partial charge in [0.2, 0.25) is 5.82 Å². The third-order valence-electron chi connectivity index (χ3n) is 4.34. The van der Waals surface area contributed by atoms with Crippen molar-refractivity contribution in [3.05, 3.63) is 58.9 Å². The van der Waals surface area contributed by atoms with Crippen molar-refractivity contribution in [3.63, 3.8) is 0 Å². The Hall–Kier alpha value is -3.28. The van der Waals surface area contributed by atoms with Crippen LogP contribution in [0.15, 0.2) is 45.3 Å². The Morgan fingerprint density at radius 3 is 2.54 bits per heavy atom. The predicted molar refractivity (Wildman–Crippen MR) is 94.4 cm³/mol. The molecule has 0 saturated carbocycles. The van der Waals surface area contributed by atoms with Gasteiger partial charge in [0, 0.05) is 10.9 Å². The quantitative estimate of drug-likeness (QED) is 0.480. The van der Waals surface area contributed by atoms with Crippen LogP contribution in [0.3, 0.4) is 0 Å². The van der Waals surface area contributed by atoms with Gasteiger partial charge in [-0.3, -0.25) is 4.79 Å². The molecule has 0 aliphatic carbocycles. The lowest BCUT2D eigenvalue weighted by molar-refractivity contribution is 0.101. The fraction of sp³-hybridized carbons (Fsp3) is 0.150. The first-order valence-electron chi connectivity index (χ1n) is 8.08. The summed E-state index contributed by atoms with van der Waals surface area (Å²) in [6, 6.07) is 10.1. The third kappa shape index (κ3) is 2.60. The molecule has 4 aromatic rings. The molecule has 6 heteroatoms. The van der Waals surface area contributed by atoms with Gasteiger partial charge in [-0.15, -0.1) is 0 Å². The molecule has 0 fully saturated rings. The van der Waals surface area contributed by atoms with Gasteiger partial charge in [0.25, 0.3) is 5.89 Å². The van der Waals surface area contributed by atoms with E-state index in [1.54, 1.807) is 6.07 Å². The molecule has 5 nitrogen and oxygen atoms in total. The summed E-state index contributed by atoms with van der Waals surface area (Å²) in [5.74, 6) is -0.0415. The molecule has 0 radical (unpaired) electrons. The molecule has 2 heterocycles. The zero-order chi connectivity index (χ0) is 18.4. The van der Waals surface area contributed by atoms with E-state index in [4.69, 9.17) is 8.94 Å². The van der Waals surface area contributed by atoms with Gasteiger partial charge in [-0.2, -0.15) is 4.98 Å². The van der Waals surface area contributed by atoms with Crippen LogP contribution in [0.4, 0.5) is 4.39 Å². The summed E-state index contributed by atoms with van der Waals surface area (Å²) in [5.41, 5.74) is 3.31.